The summed E-state index contributed by atoms with van der Waals surface area (Å²) in [5, 5.41) is 0. The van der Waals surface area contributed by atoms with Crippen LogP contribution in [-0.4, -0.2) is 11.6 Å². The van der Waals surface area contributed by atoms with Crippen LogP contribution in [0.2, 0.25) is 0 Å². The molecule has 0 amide bonds. The van der Waals surface area contributed by atoms with E-state index in [1.54, 1.807) is 0 Å². The summed E-state index contributed by atoms with van der Waals surface area (Å²) < 4.78 is 0. The lowest BCUT2D eigenvalue weighted by atomic mass is 9.77. The van der Waals surface area contributed by atoms with Crippen LogP contribution in [0.3, 0.4) is 0 Å². The molecular weight excluding hydrogens is 488 g/mol. The quantitative estimate of drug-likeness (QED) is 0.234. The largest absolute Gasteiger partial charge is 0.289 e. The minimum absolute atomic E-state index is 0.0581. The summed E-state index contributed by atoms with van der Waals surface area (Å²) in [7, 11) is 0. The summed E-state index contributed by atoms with van der Waals surface area (Å²) in [6.45, 7) is 0. The smallest absolute Gasteiger partial charge is 0.195 e. The molecule has 0 aliphatic heterocycles. The van der Waals surface area contributed by atoms with Crippen LogP contribution in [0.15, 0.2) is 84.9 Å². The van der Waals surface area contributed by atoms with E-state index in [2.05, 4.69) is 48.5 Å². The van der Waals surface area contributed by atoms with Crippen LogP contribution >= 0.6 is 0 Å². The maximum Gasteiger partial charge on any atom is 0.195 e. The molecule has 200 valence electrons. The second-order valence-corrected chi connectivity index (χ2v) is 12.0. The van der Waals surface area contributed by atoms with Crippen molar-refractivity contribution in [1.29, 1.82) is 0 Å². The molecule has 0 radical (unpaired) electrons. The highest BCUT2D eigenvalue weighted by atomic mass is 16.1. The van der Waals surface area contributed by atoms with Crippen molar-refractivity contribution in [2.45, 2.75) is 76.0 Å². The molecule has 7 rings (SSSR count). The average Bonchev–Trinajstić information content (AvgIpc) is 3.04. The highest BCUT2D eigenvalue weighted by Gasteiger charge is 2.34. The second kappa shape index (κ2) is 10.7. The van der Waals surface area contributed by atoms with Crippen molar-refractivity contribution in [1.82, 2.24) is 0 Å². The van der Waals surface area contributed by atoms with Crippen molar-refractivity contribution in [2.24, 2.45) is 0 Å². The van der Waals surface area contributed by atoms with Gasteiger partial charge < -0.3 is 0 Å². The molecule has 2 saturated carbocycles. The van der Waals surface area contributed by atoms with E-state index in [0.29, 0.717) is 34.1 Å². The molecule has 0 bridgehead atoms. The third kappa shape index (κ3) is 4.44. The van der Waals surface area contributed by atoms with Gasteiger partial charge in [0.25, 0.3) is 0 Å². The lowest BCUT2D eigenvalue weighted by Crippen LogP contribution is -2.22. The predicted molar refractivity (Wildman–Crippen MR) is 162 cm³/mol. The van der Waals surface area contributed by atoms with E-state index >= 15 is 0 Å². The zero-order valence-corrected chi connectivity index (χ0v) is 23.1. The van der Waals surface area contributed by atoms with E-state index in [4.69, 9.17) is 0 Å². The maximum atomic E-state index is 14.1. The Labute approximate surface area is 237 Å². The lowest BCUT2D eigenvalue weighted by molar-refractivity contribution is 0.0980. The number of carbonyl (C=O) groups is 2. The molecule has 2 heteroatoms. The molecule has 2 nitrogen and oxygen atoms in total. The molecule has 4 aromatic rings. The molecule has 3 aliphatic rings. The van der Waals surface area contributed by atoms with Gasteiger partial charge in [-0.25, -0.2) is 0 Å². The van der Waals surface area contributed by atoms with Gasteiger partial charge in [0.15, 0.2) is 11.6 Å². The summed E-state index contributed by atoms with van der Waals surface area (Å²) in [5.41, 5.74) is 8.56. The molecule has 0 spiro atoms. The topological polar surface area (TPSA) is 34.1 Å². The lowest BCUT2D eigenvalue weighted by Gasteiger charge is -2.24. The van der Waals surface area contributed by atoms with Gasteiger partial charge in [-0.3, -0.25) is 9.59 Å². The number of hydrogen-bond donors (Lipinski definition) is 0. The SMILES string of the molecule is O=C1c2cccc(-c3ccc(C4CCCCC4)cc3)c2C(=O)c2cccc(-c3ccc(C4CCCCC4)cc3)c21. The molecule has 3 aliphatic carbocycles. The Kier molecular flexibility index (Phi) is 6.71. The van der Waals surface area contributed by atoms with Crippen LogP contribution in [0, 0.1) is 0 Å². The number of carbonyl (C=O) groups excluding carboxylic acids is 2. The molecule has 0 heterocycles. The van der Waals surface area contributed by atoms with Gasteiger partial charge in [-0.2, -0.15) is 0 Å². The molecular formula is C38H36O2. The van der Waals surface area contributed by atoms with Crippen molar-refractivity contribution < 1.29 is 9.59 Å². The number of rotatable bonds is 4. The van der Waals surface area contributed by atoms with Crippen LogP contribution in [0.4, 0.5) is 0 Å². The fourth-order valence-electron chi connectivity index (χ4n) is 7.46. The van der Waals surface area contributed by atoms with E-state index < -0.39 is 0 Å². The Morgan fingerprint density at radius 3 is 1.12 bits per heavy atom. The summed E-state index contributed by atoms with van der Waals surface area (Å²) in [6.07, 6.45) is 13.0. The van der Waals surface area contributed by atoms with E-state index in [1.165, 1.54) is 75.3 Å². The van der Waals surface area contributed by atoms with Crippen molar-refractivity contribution in [3.8, 4) is 22.3 Å². The minimum Gasteiger partial charge on any atom is -0.289 e. The number of benzene rings is 4. The summed E-state index contributed by atoms with van der Waals surface area (Å²) in [6, 6.07) is 28.9. The van der Waals surface area contributed by atoms with E-state index in [0.717, 1.165) is 22.3 Å². The van der Waals surface area contributed by atoms with Crippen LogP contribution < -0.4 is 0 Å². The summed E-state index contributed by atoms with van der Waals surface area (Å²) in [4.78, 5) is 28.1. The Bertz CT molecular complexity index is 1440. The second-order valence-electron chi connectivity index (χ2n) is 12.0. The standard InChI is InChI=1S/C38H36O2/c39-37-34-16-8-14-32(30-23-19-28(20-24-30)26-11-5-2-6-12-26)36(34)38(40)33-15-7-13-31(35(33)37)29-21-17-27(18-22-29)25-9-3-1-4-10-25/h7-8,13-26H,1-6,9-12H2. The van der Waals surface area contributed by atoms with Gasteiger partial charge in [0, 0.05) is 22.3 Å². The first-order chi connectivity index (χ1) is 19.7. The van der Waals surface area contributed by atoms with Crippen LogP contribution in [0.1, 0.15) is 119 Å². The van der Waals surface area contributed by atoms with Crippen LogP contribution in [-0.2, 0) is 0 Å². The van der Waals surface area contributed by atoms with Crippen LogP contribution in [0.5, 0.6) is 0 Å². The van der Waals surface area contributed by atoms with Gasteiger partial charge in [0.1, 0.15) is 0 Å². The van der Waals surface area contributed by atoms with Crippen molar-refractivity contribution in [3.63, 3.8) is 0 Å². The first-order valence-electron chi connectivity index (χ1n) is 15.2. The Morgan fingerprint density at radius 2 is 0.750 bits per heavy atom. The van der Waals surface area contributed by atoms with Crippen molar-refractivity contribution in [2.75, 3.05) is 0 Å². The molecule has 2 fully saturated rings. The van der Waals surface area contributed by atoms with Gasteiger partial charge in [-0.15, -0.1) is 0 Å². The molecule has 0 atom stereocenters. The number of ketones is 2. The summed E-state index contributed by atoms with van der Waals surface area (Å²) in [5.74, 6) is 1.16. The zero-order valence-electron chi connectivity index (χ0n) is 23.1. The fraction of sp³-hybridized carbons (Fsp3) is 0.316. The highest BCUT2D eigenvalue weighted by molar-refractivity contribution is 6.32. The Balaban J connectivity index is 1.24. The van der Waals surface area contributed by atoms with Crippen LogP contribution in [0.25, 0.3) is 22.3 Å². The molecule has 40 heavy (non-hydrogen) atoms. The fourth-order valence-corrected chi connectivity index (χ4v) is 7.46. The third-order valence-corrected chi connectivity index (χ3v) is 9.67. The number of hydrogen-bond acceptors (Lipinski definition) is 2. The zero-order chi connectivity index (χ0) is 27.1. The van der Waals surface area contributed by atoms with Gasteiger partial charge in [0.05, 0.1) is 0 Å². The monoisotopic (exact) mass is 524 g/mol. The first-order valence-corrected chi connectivity index (χ1v) is 15.2. The summed E-state index contributed by atoms with van der Waals surface area (Å²) >= 11 is 0. The Hall–Kier alpha value is -3.78. The minimum atomic E-state index is -0.0581. The molecule has 0 unspecified atom stereocenters. The van der Waals surface area contributed by atoms with E-state index in [9.17, 15) is 9.59 Å². The van der Waals surface area contributed by atoms with Gasteiger partial charge in [0.2, 0.25) is 0 Å². The van der Waals surface area contributed by atoms with E-state index in [-0.39, 0.29) is 11.6 Å². The van der Waals surface area contributed by atoms with Gasteiger partial charge >= 0.3 is 0 Å². The normalized spacial score (nSPS) is 17.9. The maximum absolute atomic E-state index is 14.1. The number of fused-ring (bicyclic) bond motifs is 2. The van der Waals surface area contributed by atoms with Crippen molar-refractivity contribution in [3.05, 3.63) is 118 Å². The van der Waals surface area contributed by atoms with Gasteiger partial charge in [-0.05, 0) is 70.9 Å². The predicted octanol–water partition coefficient (Wildman–Crippen LogP) is 9.89. The Morgan fingerprint density at radius 1 is 0.400 bits per heavy atom. The third-order valence-electron chi connectivity index (χ3n) is 9.67. The van der Waals surface area contributed by atoms with Crippen molar-refractivity contribution >= 4 is 11.6 Å². The molecule has 4 aromatic carbocycles. The first kappa shape index (κ1) is 25.2. The molecule has 0 N–H and O–H groups in total. The van der Waals surface area contributed by atoms with E-state index in [1.807, 2.05) is 36.4 Å². The molecule has 0 aromatic heterocycles. The van der Waals surface area contributed by atoms with Gasteiger partial charge in [-0.1, -0.05) is 123 Å². The average molecular weight is 525 g/mol. The highest BCUT2D eigenvalue weighted by Crippen LogP contribution is 2.40. The molecule has 0 saturated heterocycles.